The first-order valence-corrected chi connectivity index (χ1v) is 8.41. The fraction of sp³-hybridized carbons (Fsp3) is 0.588. The molecule has 1 saturated heterocycles. The summed E-state index contributed by atoms with van der Waals surface area (Å²) in [4.78, 5) is 33.6. The van der Waals surface area contributed by atoms with Crippen LogP contribution in [0.4, 0.5) is 5.82 Å². The molecule has 130 valence electrons. The molecule has 0 bridgehead atoms. The summed E-state index contributed by atoms with van der Waals surface area (Å²) in [6.07, 6.45) is 3.41. The van der Waals surface area contributed by atoms with Gasteiger partial charge < -0.3 is 14.4 Å². The number of unbranched alkanes of at least 4 members (excludes halogenated alkanes) is 1. The number of morpholine rings is 1. The maximum absolute atomic E-state index is 13.1. The summed E-state index contributed by atoms with van der Waals surface area (Å²) in [7, 11) is 0. The van der Waals surface area contributed by atoms with Crippen LogP contribution in [0.2, 0.25) is 0 Å². The minimum atomic E-state index is -1.55. The second-order valence-electron chi connectivity index (χ2n) is 6.18. The summed E-state index contributed by atoms with van der Waals surface area (Å²) in [5.74, 6) is 0.297. The number of hydrogen-bond donors (Lipinski definition) is 0. The molecule has 2 amide bonds. The number of amides is 2. The third kappa shape index (κ3) is 2.84. The maximum atomic E-state index is 13.1. The molecule has 0 aliphatic carbocycles. The van der Waals surface area contributed by atoms with Gasteiger partial charge in [-0.05, 0) is 25.5 Å². The average molecular weight is 333 g/mol. The predicted molar refractivity (Wildman–Crippen MR) is 87.9 cm³/mol. The van der Waals surface area contributed by atoms with Crippen LogP contribution in [-0.2, 0) is 14.3 Å². The Morgan fingerprint density at radius 1 is 1.38 bits per heavy atom. The molecule has 1 atom stereocenters. The van der Waals surface area contributed by atoms with Crippen molar-refractivity contribution >= 4 is 17.6 Å². The fourth-order valence-electron chi connectivity index (χ4n) is 3.01. The number of ether oxygens (including phenoxy) is 2. The standard InChI is InChI=1S/C17H23N3O4/c1-3-4-8-20-14-13(6-5-7-18-14)24-17(2,16(20)22)15(21)19-9-11-23-12-10-19/h5-7H,3-4,8-12H2,1-2H3/t17-/m0/s1. The second-order valence-corrected chi connectivity index (χ2v) is 6.18. The van der Waals surface area contributed by atoms with E-state index in [1.165, 1.54) is 0 Å². The number of anilines is 1. The van der Waals surface area contributed by atoms with Gasteiger partial charge in [-0.1, -0.05) is 13.3 Å². The molecule has 2 aliphatic rings. The molecule has 1 aromatic rings. The van der Waals surface area contributed by atoms with E-state index in [4.69, 9.17) is 9.47 Å². The lowest BCUT2D eigenvalue weighted by atomic mass is 9.99. The first kappa shape index (κ1) is 16.7. The minimum absolute atomic E-state index is 0.313. The average Bonchev–Trinajstić information content (AvgIpc) is 2.62. The topological polar surface area (TPSA) is 72.0 Å². The van der Waals surface area contributed by atoms with Gasteiger partial charge in [0.25, 0.3) is 17.4 Å². The van der Waals surface area contributed by atoms with Crippen LogP contribution in [-0.4, -0.2) is 60.1 Å². The van der Waals surface area contributed by atoms with Crippen LogP contribution in [0.3, 0.4) is 0 Å². The lowest BCUT2D eigenvalue weighted by Crippen LogP contribution is -2.64. The zero-order valence-electron chi connectivity index (χ0n) is 14.2. The molecule has 2 aliphatic heterocycles. The molecule has 0 N–H and O–H groups in total. The zero-order valence-corrected chi connectivity index (χ0v) is 14.2. The van der Waals surface area contributed by atoms with E-state index >= 15 is 0 Å². The van der Waals surface area contributed by atoms with E-state index in [-0.39, 0.29) is 11.8 Å². The van der Waals surface area contributed by atoms with E-state index in [0.29, 0.717) is 44.4 Å². The smallest absolute Gasteiger partial charge is 0.282 e. The molecule has 7 heteroatoms. The largest absolute Gasteiger partial charge is 0.464 e. The molecule has 3 heterocycles. The molecular formula is C17H23N3O4. The number of rotatable bonds is 4. The van der Waals surface area contributed by atoms with Crippen molar-refractivity contribution in [3.8, 4) is 5.75 Å². The summed E-state index contributed by atoms with van der Waals surface area (Å²) in [6.45, 7) is 6.04. The number of pyridine rings is 1. The van der Waals surface area contributed by atoms with Gasteiger partial charge in [0.1, 0.15) is 0 Å². The van der Waals surface area contributed by atoms with Crippen LogP contribution in [0.5, 0.6) is 5.75 Å². The van der Waals surface area contributed by atoms with Crippen LogP contribution in [0, 0.1) is 0 Å². The van der Waals surface area contributed by atoms with Gasteiger partial charge in [-0.3, -0.25) is 14.5 Å². The van der Waals surface area contributed by atoms with Crippen molar-refractivity contribution in [3.63, 3.8) is 0 Å². The SMILES string of the molecule is CCCCN1C(=O)[C@](C)(C(=O)N2CCOCC2)Oc2cccnc21. The van der Waals surface area contributed by atoms with Crippen molar-refractivity contribution in [2.45, 2.75) is 32.3 Å². The monoisotopic (exact) mass is 333 g/mol. The van der Waals surface area contributed by atoms with Gasteiger partial charge in [-0.2, -0.15) is 0 Å². The van der Waals surface area contributed by atoms with Crippen molar-refractivity contribution in [3.05, 3.63) is 18.3 Å². The quantitative estimate of drug-likeness (QED) is 0.775. The molecule has 3 rings (SSSR count). The molecule has 1 aromatic heterocycles. The van der Waals surface area contributed by atoms with Gasteiger partial charge in [0.2, 0.25) is 0 Å². The summed E-state index contributed by atoms with van der Waals surface area (Å²) < 4.78 is 11.2. The third-order valence-electron chi connectivity index (χ3n) is 4.42. The Balaban J connectivity index is 1.93. The van der Waals surface area contributed by atoms with Gasteiger partial charge in [-0.25, -0.2) is 4.98 Å². The highest BCUT2D eigenvalue weighted by atomic mass is 16.5. The van der Waals surface area contributed by atoms with Crippen molar-refractivity contribution in [2.75, 3.05) is 37.7 Å². The second kappa shape index (κ2) is 6.76. The lowest BCUT2D eigenvalue weighted by molar-refractivity contribution is -0.158. The minimum Gasteiger partial charge on any atom is -0.464 e. The molecule has 1 fully saturated rings. The Bertz CT molecular complexity index is 630. The molecule has 0 spiro atoms. The molecule has 0 aromatic carbocycles. The molecule has 7 nitrogen and oxygen atoms in total. The fourth-order valence-corrected chi connectivity index (χ4v) is 3.01. The number of nitrogens with zero attached hydrogens (tertiary/aromatic N) is 3. The van der Waals surface area contributed by atoms with E-state index in [9.17, 15) is 9.59 Å². The Kier molecular flexibility index (Phi) is 4.71. The van der Waals surface area contributed by atoms with Gasteiger partial charge in [-0.15, -0.1) is 0 Å². The molecule has 0 saturated carbocycles. The summed E-state index contributed by atoms with van der Waals surface area (Å²) >= 11 is 0. The van der Waals surface area contributed by atoms with Crippen molar-refractivity contribution < 1.29 is 19.1 Å². The highest BCUT2D eigenvalue weighted by Gasteiger charge is 2.52. The summed E-state index contributed by atoms with van der Waals surface area (Å²) in [6, 6.07) is 3.49. The van der Waals surface area contributed by atoms with Crippen molar-refractivity contribution in [1.82, 2.24) is 9.88 Å². The zero-order chi connectivity index (χ0) is 17.2. The van der Waals surface area contributed by atoms with E-state index in [1.807, 2.05) is 0 Å². The number of carbonyl (C=O) groups excluding carboxylic acids is 2. The van der Waals surface area contributed by atoms with Crippen molar-refractivity contribution in [2.24, 2.45) is 0 Å². The normalized spacial score (nSPS) is 23.7. The summed E-state index contributed by atoms with van der Waals surface area (Å²) in [5.41, 5.74) is -1.55. The van der Waals surface area contributed by atoms with Gasteiger partial charge in [0.05, 0.1) is 13.2 Å². The predicted octanol–water partition coefficient (Wildman–Crippen LogP) is 1.22. The molecule has 0 unspecified atom stereocenters. The first-order valence-electron chi connectivity index (χ1n) is 8.41. The number of hydrogen-bond acceptors (Lipinski definition) is 5. The van der Waals surface area contributed by atoms with E-state index in [0.717, 1.165) is 12.8 Å². The molecular weight excluding hydrogens is 310 g/mol. The van der Waals surface area contributed by atoms with Gasteiger partial charge in [0, 0.05) is 25.8 Å². The third-order valence-corrected chi connectivity index (χ3v) is 4.42. The van der Waals surface area contributed by atoms with E-state index in [2.05, 4.69) is 11.9 Å². The Morgan fingerprint density at radius 2 is 2.12 bits per heavy atom. The van der Waals surface area contributed by atoms with Gasteiger partial charge in [0.15, 0.2) is 11.6 Å². The first-order chi connectivity index (χ1) is 11.6. The highest BCUT2D eigenvalue weighted by molar-refractivity contribution is 6.16. The number of carbonyl (C=O) groups is 2. The lowest BCUT2D eigenvalue weighted by Gasteiger charge is -2.41. The van der Waals surface area contributed by atoms with E-state index in [1.54, 1.807) is 35.1 Å². The van der Waals surface area contributed by atoms with Crippen LogP contribution >= 0.6 is 0 Å². The van der Waals surface area contributed by atoms with Crippen LogP contribution in [0.25, 0.3) is 0 Å². The van der Waals surface area contributed by atoms with Crippen LogP contribution in [0.1, 0.15) is 26.7 Å². The number of fused-ring (bicyclic) bond motifs is 1. The summed E-state index contributed by atoms with van der Waals surface area (Å²) in [5, 5.41) is 0. The van der Waals surface area contributed by atoms with E-state index < -0.39 is 5.60 Å². The Labute approximate surface area is 141 Å². The van der Waals surface area contributed by atoms with Crippen LogP contribution in [0.15, 0.2) is 18.3 Å². The van der Waals surface area contributed by atoms with Crippen LogP contribution < -0.4 is 9.64 Å². The highest BCUT2D eigenvalue weighted by Crippen LogP contribution is 2.37. The molecule has 0 radical (unpaired) electrons. The Hall–Kier alpha value is -2.15. The maximum Gasteiger partial charge on any atom is 0.282 e. The number of aromatic nitrogens is 1. The molecule has 24 heavy (non-hydrogen) atoms. The van der Waals surface area contributed by atoms with Gasteiger partial charge >= 0.3 is 0 Å². The Morgan fingerprint density at radius 3 is 2.83 bits per heavy atom. The van der Waals surface area contributed by atoms with Crippen molar-refractivity contribution in [1.29, 1.82) is 0 Å².